The molecule has 0 N–H and O–H groups in total. The van der Waals surface area contributed by atoms with Crippen LogP contribution in [0.5, 0.6) is 5.75 Å². The largest absolute Gasteiger partial charge is 0.466 e. The van der Waals surface area contributed by atoms with Crippen LogP contribution in [0.1, 0.15) is 73.9 Å². The van der Waals surface area contributed by atoms with Crippen LogP contribution in [0.3, 0.4) is 0 Å². The maximum absolute atomic E-state index is 12.6. The molecule has 2 rings (SSSR count). The number of carbonyl (C=O) groups excluding carboxylic acids is 2. The van der Waals surface area contributed by atoms with Gasteiger partial charge in [0.15, 0.2) is 0 Å². The zero-order valence-corrected chi connectivity index (χ0v) is 17.1. The minimum absolute atomic E-state index is 0.275. The monoisotopic (exact) mass is 382 g/mol. The van der Waals surface area contributed by atoms with Gasteiger partial charge in [-0.2, -0.15) is 0 Å². The van der Waals surface area contributed by atoms with Crippen molar-refractivity contribution in [2.24, 2.45) is 0 Å². The van der Waals surface area contributed by atoms with Gasteiger partial charge in [0.2, 0.25) is 0 Å². The summed E-state index contributed by atoms with van der Waals surface area (Å²) in [5.41, 5.74) is 2.39. The van der Waals surface area contributed by atoms with E-state index < -0.39 is 11.9 Å². The molecule has 0 bridgehead atoms. The second kappa shape index (κ2) is 11.3. The Bertz CT molecular complexity index is 764. The Labute approximate surface area is 167 Å². The van der Waals surface area contributed by atoms with E-state index in [4.69, 9.17) is 9.47 Å². The zero-order valence-electron chi connectivity index (χ0n) is 17.1. The number of carbonyl (C=O) groups is 2. The molecule has 2 aromatic rings. The summed E-state index contributed by atoms with van der Waals surface area (Å²) in [4.78, 5) is 25.1. The second-order valence-corrected chi connectivity index (χ2v) is 6.82. The van der Waals surface area contributed by atoms with Crippen LogP contribution < -0.4 is 4.74 Å². The van der Waals surface area contributed by atoms with Crippen molar-refractivity contribution < 1.29 is 19.1 Å². The first-order valence-corrected chi connectivity index (χ1v) is 10.2. The van der Waals surface area contributed by atoms with Crippen LogP contribution in [0.15, 0.2) is 48.5 Å². The van der Waals surface area contributed by atoms with Crippen molar-refractivity contribution in [2.45, 2.75) is 58.8 Å². The lowest BCUT2D eigenvalue weighted by Gasteiger charge is -2.18. The quantitative estimate of drug-likeness (QED) is 0.391. The van der Waals surface area contributed by atoms with Crippen molar-refractivity contribution in [2.75, 3.05) is 6.61 Å². The number of rotatable bonds is 10. The van der Waals surface area contributed by atoms with Crippen LogP contribution in [-0.2, 0) is 16.0 Å². The van der Waals surface area contributed by atoms with Crippen LogP contribution >= 0.6 is 0 Å². The van der Waals surface area contributed by atoms with Crippen molar-refractivity contribution in [1.29, 1.82) is 0 Å². The molecule has 0 saturated carbocycles. The fraction of sp³-hybridized carbons (Fsp3) is 0.417. The molecule has 0 heterocycles. The first-order valence-electron chi connectivity index (χ1n) is 10.2. The molecule has 4 heteroatoms. The van der Waals surface area contributed by atoms with Gasteiger partial charge in [0, 0.05) is 5.56 Å². The topological polar surface area (TPSA) is 52.6 Å². The molecular weight excluding hydrogens is 352 g/mol. The van der Waals surface area contributed by atoms with Crippen molar-refractivity contribution in [1.82, 2.24) is 0 Å². The molecule has 0 aliphatic carbocycles. The van der Waals surface area contributed by atoms with Crippen molar-refractivity contribution in [3.05, 3.63) is 65.2 Å². The number of ether oxygens (including phenoxy) is 2. The number of hydrogen-bond acceptors (Lipinski definition) is 4. The van der Waals surface area contributed by atoms with Gasteiger partial charge in [0.05, 0.1) is 18.1 Å². The number of esters is 2. The summed E-state index contributed by atoms with van der Waals surface area (Å²) >= 11 is 0. The molecule has 0 aromatic heterocycles. The molecular formula is C24H30O4. The highest BCUT2D eigenvalue weighted by atomic mass is 16.5. The van der Waals surface area contributed by atoms with Crippen LogP contribution in [-0.4, -0.2) is 18.5 Å². The number of aryl methyl sites for hydroxylation is 1. The Kier molecular flexibility index (Phi) is 8.73. The van der Waals surface area contributed by atoms with Gasteiger partial charge >= 0.3 is 11.9 Å². The van der Waals surface area contributed by atoms with Crippen molar-refractivity contribution in [3.8, 4) is 5.75 Å². The van der Waals surface area contributed by atoms with E-state index in [1.807, 2.05) is 24.3 Å². The summed E-state index contributed by atoms with van der Waals surface area (Å²) in [5.74, 6) is -0.716. The average molecular weight is 383 g/mol. The summed E-state index contributed by atoms with van der Waals surface area (Å²) in [5, 5.41) is 0. The molecule has 1 unspecified atom stereocenters. The highest BCUT2D eigenvalue weighted by Crippen LogP contribution is 2.32. The molecule has 1 atom stereocenters. The molecule has 0 radical (unpaired) electrons. The Hall–Kier alpha value is -2.62. The molecule has 2 aromatic carbocycles. The van der Waals surface area contributed by atoms with Gasteiger partial charge in [0.25, 0.3) is 0 Å². The first-order chi connectivity index (χ1) is 13.6. The Morgan fingerprint density at radius 2 is 1.64 bits per heavy atom. The van der Waals surface area contributed by atoms with Gasteiger partial charge in [-0.25, -0.2) is 4.79 Å². The molecule has 150 valence electrons. The molecule has 0 saturated heterocycles. The minimum Gasteiger partial charge on any atom is -0.466 e. The molecule has 0 aliphatic rings. The Morgan fingerprint density at radius 1 is 0.929 bits per heavy atom. The lowest BCUT2D eigenvalue weighted by atomic mass is 9.93. The van der Waals surface area contributed by atoms with Crippen LogP contribution in [0.25, 0.3) is 0 Å². The summed E-state index contributed by atoms with van der Waals surface area (Å²) in [7, 11) is 0. The van der Waals surface area contributed by atoms with Gasteiger partial charge in [-0.3, -0.25) is 4.79 Å². The predicted octanol–water partition coefficient (Wildman–Crippen LogP) is 5.70. The average Bonchev–Trinajstić information content (AvgIpc) is 2.70. The van der Waals surface area contributed by atoms with Crippen molar-refractivity contribution >= 4 is 11.9 Å². The molecule has 28 heavy (non-hydrogen) atoms. The van der Waals surface area contributed by atoms with Gasteiger partial charge in [-0.15, -0.1) is 0 Å². The number of hydrogen-bond donors (Lipinski definition) is 0. The van der Waals surface area contributed by atoms with Gasteiger partial charge in [-0.1, -0.05) is 63.4 Å². The summed E-state index contributed by atoms with van der Waals surface area (Å²) in [6, 6.07) is 14.7. The SMILES string of the molecule is CCCCC(C(=O)OCC)c1ccccc1OC(=O)c1ccc(CCC)cc1. The van der Waals surface area contributed by atoms with E-state index in [1.165, 1.54) is 5.56 Å². The number of unbranched alkanes of at least 4 members (excludes halogenated alkanes) is 1. The van der Waals surface area contributed by atoms with E-state index in [-0.39, 0.29) is 5.97 Å². The first kappa shape index (κ1) is 21.7. The highest BCUT2D eigenvalue weighted by molar-refractivity contribution is 5.91. The minimum atomic E-state index is -0.434. The predicted molar refractivity (Wildman–Crippen MR) is 111 cm³/mol. The summed E-state index contributed by atoms with van der Waals surface area (Å²) < 4.78 is 10.9. The van der Waals surface area contributed by atoms with Gasteiger partial charge < -0.3 is 9.47 Å². The Balaban J connectivity index is 2.23. The van der Waals surface area contributed by atoms with E-state index in [1.54, 1.807) is 31.2 Å². The maximum Gasteiger partial charge on any atom is 0.343 e. The fourth-order valence-corrected chi connectivity index (χ4v) is 3.17. The third-order valence-electron chi connectivity index (χ3n) is 4.64. The highest BCUT2D eigenvalue weighted by Gasteiger charge is 2.25. The van der Waals surface area contributed by atoms with Crippen LogP contribution in [0.2, 0.25) is 0 Å². The normalized spacial score (nSPS) is 11.7. The smallest absolute Gasteiger partial charge is 0.343 e. The second-order valence-electron chi connectivity index (χ2n) is 6.82. The lowest BCUT2D eigenvalue weighted by molar-refractivity contribution is -0.145. The van der Waals surface area contributed by atoms with E-state index >= 15 is 0 Å². The number of para-hydroxylation sites is 1. The third kappa shape index (κ3) is 5.95. The maximum atomic E-state index is 12.6. The fourth-order valence-electron chi connectivity index (χ4n) is 3.17. The molecule has 0 fully saturated rings. The van der Waals surface area contributed by atoms with Gasteiger partial charge in [-0.05, 0) is 43.5 Å². The summed E-state index contributed by atoms with van der Waals surface area (Å²) in [6.45, 7) is 6.32. The summed E-state index contributed by atoms with van der Waals surface area (Å²) in [6.07, 6.45) is 4.57. The standard InChI is InChI=1S/C24H30O4/c1-4-7-11-21(24(26)27-6-3)20-12-8-9-13-22(20)28-23(25)19-16-14-18(10-5-2)15-17-19/h8-9,12-17,21H,4-7,10-11H2,1-3H3. The molecule has 0 spiro atoms. The van der Waals surface area contributed by atoms with E-state index in [9.17, 15) is 9.59 Å². The van der Waals surface area contributed by atoms with Crippen LogP contribution in [0, 0.1) is 0 Å². The third-order valence-corrected chi connectivity index (χ3v) is 4.64. The molecule has 0 amide bonds. The zero-order chi connectivity index (χ0) is 20.4. The number of benzene rings is 2. The molecule has 0 aliphatic heterocycles. The van der Waals surface area contributed by atoms with E-state index in [0.717, 1.165) is 25.7 Å². The molecule has 4 nitrogen and oxygen atoms in total. The lowest BCUT2D eigenvalue weighted by Crippen LogP contribution is -2.18. The van der Waals surface area contributed by atoms with E-state index in [2.05, 4.69) is 13.8 Å². The van der Waals surface area contributed by atoms with Gasteiger partial charge in [0.1, 0.15) is 5.75 Å². The Morgan fingerprint density at radius 3 is 2.29 bits per heavy atom. The van der Waals surface area contributed by atoms with Crippen LogP contribution in [0.4, 0.5) is 0 Å². The van der Waals surface area contributed by atoms with Crippen molar-refractivity contribution in [3.63, 3.8) is 0 Å². The van der Waals surface area contributed by atoms with E-state index in [0.29, 0.717) is 29.9 Å².